The van der Waals surface area contributed by atoms with Crippen molar-refractivity contribution in [2.24, 2.45) is 22.9 Å². The first-order chi connectivity index (χ1) is 11.5. The van der Waals surface area contributed by atoms with Crippen LogP contribution in [0, 0.1) is 0 Å². The van der Waals surface area contributed by atoms with E-state index in [0.717, 1.165) is 0 Å². The average molecular weight is 369 g/mol. The largest absolute Gasteiger partial charge is 0.480 e. The zero-order valence-corrected chi connectivity index (χ0v) is 13.6. The second kappa shape index (κ2) is 18.0. The van der Waals surface area contributed by atoms with Crippen molar-refractivity contribution in [1.82, 2.24) is 5.32 Å². The summed E-state index contributed by atoms with van der Waals surface area (Å²) in [7, 11) is 0. The Kier molecular flexibility index (Phi) is 19.8. The molecule has 0 bridgehead atoms. The Balaban J connectivity index is -0.000000396. The number of carboxylic acid groups (broad SMARTS) is 4. The van der Waals surface area contributed by atoms with Gasteiger partial charge in [-0.2, -0.15) is 0 Å². The van der Waals surface area contributed by atoms with Gasteiger partial charge in [0.25, 0.3) is 0 Å². The zero-order chi connectivity index (χ0) is 20.4. The molecule has 0 spiro atoms. The number of nitrogens with one attached hydrogen (secondary N) is 1. The van der Waals surface area contributed by atoms with Crippen molar-refractivity contribution >= 4 is 23.9 Å². The van der Waals surface area contributed by atoms with Crippen LogP contribution >= 0.6 is 0 Å². The molecule has 1 unspecified atom stereocenters. The second-order valence-corrected chi connectivity index (χ2v) is 4.45. The Morgan fingerprint density at radius 1 is 0.800 bits per heavy atom. The predicted molar refractivity (Wildman–Crippen MR) is 86.5 cm³/mol. The summed E-state index contributed by atoms with van der Waals surface area (Å²) in [4.78, 5) is 39.0. The van der Waals surface area contributed by atoms with E-state index in [4.69, 9.17) is 31.9 Å². The van der Waals surface area contributed by atoms with Crippen LogP contribution in [0.4, 0.5) is 0 Å². The maximum absolute atomic E-state index is 10.3. The minimum Gasteiger partial charge on any atom is -0.480 e. The minimum atomic E-state index is -1.04. The maximum Gasteiger partial charge on any atom is 0.320 e. The molecule has 13 heteroatoms. The first kappa shape index (κ1) is 27.5. The van der Waals surface area contributed by atoms with Gasteiger partial charge >= 0.3 is 23.9 Å². The molecule has 13 N–H and O–H groups in total. The molecule has 0 rings (SSSR count). The quantitative estimate of drug-likeness (QED) is 0.170. The third kappa shape index (κ3) is 30.2. The summed E-state index contributed by atoms with van der Waals surface area (Å²) in [6, 6.07) is -0.878. The van der Waals surface area contributed by atoms with E-state index in [1.807, 2.05) is 0 Å². The van der Waals surface area contributed by atoms with E-state index >= 15 is 0 Å². The van der Waals surface area contributed by atoms with E-state index in [2.05, 4.69) is 16.8 Å². The molecule has 2 atom stereocenters. The van der Waals surface area contributed by atoms with Crippen LogP contribution in [0.1, 0.15) is 19.3 Å². The van der Waals surface area contributed by atoms with Gasteiger partial charge in [-0.3, -0.25) is 24.5 Å². The summed E-state index contributed by atoms with van der Waals surface area (Å²) in [5, 5.41) is 34.6. The molecule has 0 saturated heterocycles. The molecule has 0 aliphatic heterocycles. The monoisotopic (exact) mass is 369 g/mol. The molecule has 148 valence electrons. The van der Waals surface area contributed by atoms with Crippen molar-refractivity contribution < 1.29 is 39.6 Å². The smallest absolute Gasteiger partial charge is 0.320 e. The van der Waals surface area contributed by atoms with Crippen molar-refractivity contribution in [3.63, 3.8) is 0 Å². The first-order valence-corrected chi connectivity index (χ1v) is 7.00. The van der Waals surface area contributed by atoms with Gasteiger partial charge in [0.1, 0.15) is 6.04 Å². The lowest BCUT2D eigenvalue weighted by atomic mass is 10.1. The van der Waals surface area contributed by atoms with E-state index < -0.39 is 36.1 Å². The molecule has 0 aromatic heterocycles. The summed E-state index contributed by atoms with van der Waals surface area (Å²) in [6.07, 6.45) is 0.926. The highest BCUT2D eigenvalue weighted by atomic mass is 16.4. The van der Waals surface area contributed by atoms with E-state index in [0.29, 0.717) is 19.3 Å². The van der Waals surface area contributed by atoms with Crippen LogP contribution in [0.3, 0.4) is 0 Å². The van der Waals surface area contributed by atoms with E-state index in [1.165, 1.54) is 0 Å². The van der Waals surface area contributed by atoms with Crippen molar-refractivity contribution in [3.05, 3.63) is 0 Å². The number of hydrogen-bond acceptors (Lipinski definition) is 9. The van der Waals surface area contributed by atoms with E-state index in [1.54, 1.807) is 0 Å². The molecule has 0 fully saturated rings. The van der Waals surface area contributed by atoms with Crippen LogP contribution in [-0.4, -0.2) is 76.1 Å². The minimum absolute atomic E-state index is 0.202. The Morgan fingerprint density at radius 3 is 1.48 bits per heavy atom. The molecular formula is C12H27N5O8. The van der Waals surface area contributed by atoms with Crippen LogP contribution in [0.2, 0.25) is 0 Å². The maximum atomic E-state index is 10.3. The Labute approximate surface area is 143 Å². The summed E-state index contributed by atoms with van der Waals surface area (Å²) < 4.78 is 0. The summed E-state index contributed by atoms with van der Waals surface area (Å²) in [6.45, 7) is -0.758. The third-order valence-corrected chi connectivity index (χ3v) is 2.21. The summed E-state index contributed by atoms with van der Waals surface area (Å²) >= 11 is 0. The lowest BCUT2D eigenvalue weighted by molar-refractivity contribution is -0.139. The fourth-order valence-corrected chi connectivity index (χ4v) is 1.00. The first-order valence-electron chi connectivity index (χ1n) is 7.00. The molecular weight excluding hydrogens is 342 g/mol. The number of rotatable bonds is 10. The van der Waals surface area contributed by atoms with Gasteiger partial charge in [0.15, 0.2) is 0 Å². The molecule has 0 radical (unpaired) electrons. The summed E-state index contributed by atoms with van der Waals surface area (Å²) in [5.74, 6) is -3.95. The van der Waals surface area contributed by atoms with Crippen molar-refractivity contribution in [3.8, 4) is 0 Å². The fraction of sp³-hybridized carbons (Fsp3) is 0.667. The van der Waals surface area contributed by atoms with Gasteiger partial charge in [0.05, 0.1) is 25.8 Å². The molecule has 0 aromatic carbocycles. The standard InChI is InChI=1S/C8H17N3O4.2C2H5NO2/c9-5(8(14)15)2-1-3-6(10)11-4-7(12)13;2*3-1-2(4)5/h5-6,11H,1-4,9-10H2,(H,12,13)(H,14,15);2*1,3H2,(H,4,5)/t5-,6?;;/m0../s1. The van der Waals surface area contributed by atoms with Gasteiger partial charge < -0.3 is 43.4 Å². The number of carbonyl (C=O) groups is 4. The third-order valence-electron chi connectivity index (χ3n) is 2.21. The van der Waals surface area contributed by atoms with Crippen LogP contribution < -0.4 is 28.3 Å². The lowest BCUT2D eigenvalue weighted by Gasteiger charge is -2.12. The van der Waals surface area contributed by atoms with Crippen molar-refractivity contribution in [2.75, 3.05) is 19.6 Å². The number of aliphatic carboxylic acids is 4. The van der Waals surface area contributed by atoms with E-state index in [9.17, 15) is 19.2 Å². The molecule has 0 aromatic rings. The van der Waals surface area contributed by atoms with Crippen LogP contribution in [0.25, 0.3) is 0 Å². The van der Waals surface area contributed by atoms with Crippen LogP contribution in [0.15, 0.2) is 0 Å². The highest BCUT2D eigenvalue weighted by Crippen LogP contribution is 2.00. The average Bonchev–Trinajstić information content (AvgIpc) is 2.53. The Morgan fingerprint density at radius 2 is 1.20 bits per heavy atom. The lowest BCUT2D eigenvalue weighted by Crippen LogP contribution is -2.40. The molecule has 25 heavy (non-hydrogen) atoms. The van der Waals surface area contributed by atoms with Crippen molar-refractivity contribution in [2.45, 2.75) is 31.5 Å². The molecule has 0 heterocycles. The summed E-state index contributed by atoms with van der Waals surface area (Å²) in [5.41, 5.74) is 19.9. The Hall–Kier alpha value is -2.32. The molecule has 0 saturated carbocycles. The highest BCUT2D eigenvalue weighted by Gasteiger charge is 2.11. The van der Waals surface area contributed by atoms with E-state index in [-0.39, 0.29) is 19.6 Å². The predicted octanol–water partition coefficient (Wildman–Crippen LogP) is -3.41. The van der Waals surface area contributed by atoms with Crippen molar-refractivity contribution in [1.29, 1.82) is 0 Å². The zero-order valence-electron chi connectivity index (χ0n) is 13.6. The number of hydrogen-bond donors (Lipinski definition) is 9. The molecule has 0 aliphatic rings. The molecule has 13 nitrogen and oxygen atoms in total. The molecule has 0 aliphatic carbocycles. The van der Waals surface area contributed by atoms with Gasteiger partial charge in [-0.25, -0.2) is 0 Å². The van der Waals surface area contributed by atoms with Gasteiger partial charge in [0.2, 0.25) is 0 Å². The Bertz CT molecular complexity index is 393. The number of nitrogens with two attached hydrogens (primary N) is 4. The van der Waals surface area contributed by atoms with Crippen LogP contribution in [0.5, 0.6) is 0 Å². The number of carboxylic acids is 4. The van der Waals surface area contributed by atoms with Gasteiger partial charge in [0, 0.05) is 0 Å². The fourth-order valence-electron chi connectivity index (χ4n) is 1.00. The SMILES string of the molecule is NC(CCC[C@H](N)C(=O)O)NCC(=O)O.NCC(=O)O.NCC(=O)O. The van der Waals surface area contributed by atoms with Gasteiger partial charge in [-0.1, -0.05) is 0 Å². The van der Waals surface area contributed by atoms with Gasteiger partial charge in [-0.05, 0) is 19.3 Å². The topological polar surface area (TPSA) is 265 Å². The van der Waals surface area contributed by atoms with Gasteiger partial charge in [-0.15, -0.1) is 0 Å². The normalized spacial score (nSPS) is 11.7. The highest BCUT2D eigenvalue weighted by molar-refractivity contribution is 5.73. The molecule has 0 amide bonds. The van der Waals surface area contributed by atoms with Crippen LogP contribution in [-0.2, 0) is 19.2 Å². The second-order valence-electron chi connectivity index (χ2n) is 4.45.